The Kier molecular flexibility index (Phi) is 5.62. The van der Waals surface area contributed by atoms with Gasteiger partial charge in [-0.25, -0.2) is 0 Å². The number of amides is 1. The number of nitrogens with one attached hydrogen (secondary N) is 1. The lowest BCUT2D eigenvalue weighted by molar-refractivity contribution is 0.0694. The molecule has 100 valence electrons. The normalized spacial score (nSPS) is 12.0. The highest BCUT2D eigenvalue weighted by Gasteiger charge is 2.19. The standard InChI is InChI=1S/C14H23N3O/c1-5-11(4)17(7-3)14(18)13-10-12(15-6-2)8-9-16-13/h8-11H,5-7H2,1-4H3,(H,15,16). The molecule has 4 nitrogen and oxygen atoms in total. The topological polar surface area (TPSA) is 45.2 Å². The van der Waals surface area contributed by atoms with E-state index in [9.17, 15) is 4.79 Å². The first kappa shape index (κ1) is 14.5. The zero-order valence-electron chi connectivity index (χ0n) is 11.7. The van der Waals surface area contributed by atoms with E-state index in [0.29, 0.717) is 12.2 Å². The molecule has 0 saturated heterocycles. The van der Waals surface area contributed by atoms with Gasteiger partial charge in [0.25, 0.3) is 5.91 Å². The zero-order chi connectivity index (χ0) is 13.5. The Morgan fingerprint density at radius 1 is 1.44 bits per heavy atom. The zero-order valence-corrected chi connectivity index (χ0v) is 11.7. The van der Waals surface area contributed by atoms with Crippen molar-refractivity contribution in [1.82, 2.24) is 9.88 Å². The van der Waals surface area contributed by atoms with Gasteiger partial charge in [-0.3, -0.25) is 9.78 Å². The second-order valence-electron chi connectivity index (χ2n) is 4.31. The summed E-state index contributed by atoms with van der Waals surface area (Å²) < 4.78 is 0. The summed E-state index contributed by atoms with van der Waals surface area (Å²) in [7, 11) is 0. The fourth-order valence-corrected chi connectivity index (χ4v) is 1.88. The molecule has 0 saturated carbocycles. The molecule has 0 bridgehead atoms. The minimum Gasteiger partial charge on any atom is -0.385 e. The van der Waals surface area contributed by atoms with Gasteiger partial charge < -0.3 is 10.2 Å². The molecule has 1 aromatic heterocycles. The van der Waals surface area contributed by atoms with Crippen LogP contribution in [0, 0.1) is 0 Å². The predicted molar refractivity (Wildman–Crippen MR) is 74.9 cm³/mol. The number of aromatic nitrogens is 1. The van der Waals surface area contributed by atoms with Crippen molar-refractivity contribution in [3.8, 4) is 0 Å². The molecule has 0 aliphatic rings. The monoisotopic (exact) mass is 249 g/mol. The molecule has 1 rings (SSSR count). The van der Waals surface area contributed by atoms with Crippen LogP contribution in [0.1, 0.15) is 44.6 Å². The van der Waals surface area contributed by atoms with Crippen LogP contribution < -0.4 is 5.32 Å². The van der Waals surface area contributed by atoms with Gasteiger partial charge in [0.2, 0.25) is 0 Å². The molecule has 1 heterocycles. The Labute approximate surface area is 109 Å². The summed E-state index contributed by atoms with van der Waals surface area (Å²) in [6.07, 6.45) is 2.63. The SMILES string of the molecule is CCNc1ccnc(C(=O)N(CC)C(C)CC)c1. The van der Waals surface area contributed by atoms with E-state index in [2.05, 4.69) is 24.1 Å². The fraction of sp³-hybridized carbons (Fsp3) is 0.571. The molecule has 1 aromatic rings. The van der Waals surface area contributed by atoms with Gasteiger partial charge in [0, 0.05) is 31.0 Å². The number of carbonyl (C=O) groups excluding carboxylic acids is 1. The van der Waals surface area contributed by atoms with Crippen LogP contribution in [0.5, 0.6) is 0 Å². The van der Waals surface area contributed by atoms with E-state index in [4.69, 9.17) is 0 Å². The average molecular weight is 249 g/mol. The van der Waals surface area contributed by atoms with Crippen LogP contribution in [0.4, 0.5) is 5.69 Å². The molecule has 0 spiro atoms. The van der Waals surface area contributed by atoms with Crippen LogP contribution in [0.15, 0.2) is 18.3 Å². The van der Waals surface area contributed by atoms with Crippen LogP contribution in [0.3, 0.4) is 0 Å². The highest BCUT2D eigenvalue weighted by molar-refractivity contribution is 5.93. The number of hydrogen-bond donors (Lipinski definition) is 1. The Balaban J connectivity index is 2.91. The lowest BCUT2D eigenvalue weighted by Crippen LogP contribution is -2.38. The van der Waals surface area contributed by atoms with Crippen LogP contribution in [-0.4, -0.2) is 34.9 Å². The van der Waals surface area contributed by atoms with Crippen molar-refractivity contribution >= 4 is 11.6 Å². The number of rotatable bonds is 6. The molecule has 0 aromatic carbocycles. The van der Waals surface area contributed by atoms with Gasteiger partial charge in [-0.1, -0.05) is 6.92 Å². The molecule has 1 amide bonds. The van der Waals surface area contributed by atoms with Crippen LogP contribution >= 0.6 is 0 Å². The van der Waals surface area contributed by atoms with Gasteiger partial charge in [-0.15, -0.1) is 0 Å². The molecule has 0 aliphatic heterocycles. The molecule has 1 N–H and O–H groups in total. The van der Waals surface area contributed by atoms with Gasteiger partial charge in [0.1, 0.15) is 5.69 Å². The summed E-state index contributed by atoms with van der Waals surface area (Å²) in [5, 5.41) is 3.19. The van der Waals surface area contributed by atoms with Crippen molar-refractivity contribution in [2.75, 3.05) is 18.4 Å². The van der Waals surface area contributed by atoms with E-state index in [1.165, 1.54) is 0 Å². The van der Waals surface area contributed by atoms with Crippen LogP contribution in [0.2, 0.25) is 0 Å². The number of pyridine rings is 1. The van der Waals surface area contributed by atoms with E-state index in [0.717, 1.165) is 18.7 Å². The Morgan fingerprint density at radius 2 is 2.17 bits per heavy atom. The number of nitrogens with zero attached hydrogens (tertiary/aromatic N) is 2. The van der Waals surface area contributed by atoms with E-state index in [-0.39, 0.29) is 11.9 Å². The maximum absolute atomic E-state index is 12.4. The van der Waals surface area contributed by atoms with Crippen LogP contribution in [-0.2, 0) is 0 Å². The summed E-state index contributed by atoms with van der Waals surface area (Å²) in [5.74, 6) is 0.00611. The van der Waals surface area contributed by atoms with E-state index in [1.807, 2.05) is 30.9 Å². The maximum atomic E-state index is 12.4. The highest BCUT2D eigenvalue weighted by Crippen LogP contribution is 2.12. The third-order valence-electron chi connectivity index (χ3n) is 3.08. The van der Waals surface area contributed by atoms with E-state index < -0.39 is 0 Å². The minimum absolute atomic E-state index is 0.00611. The molecular weight excluding hydrogens is 226 g/mol. The number of hydrogen-bond acceptors (Lipinski definition) is 3. The van der Waals surface area contributed by atoms with Gasteiger partial charge in [0.05, 0.1) is 0 Å². The third kappa shape index (κ3) is 3.45. The fourth-order valence-electron chi connectivity index (χ4n) is 1.88. The molecule has 4 heteroatoms. The molecule has 1 atom stereocenters. The molecule has 0 aliphatic carbocycles. The Bertz CT molecular complexity index is 392. The highest BCUT2D eigenvalue weighted by atomic mass is 16.2. The predicted octanol–water partition coefficient (Wildman–Crippen LogP) is 2.77. The van der Waals surface area contributed by atoms with Crippen molar-refractivity contribution in [2.24, 2.45) is 0 Å². The molecule has 1 unspecified atom stereocenters. The van der Waals surface area contributed by atoms with Gasteiger partial charge in [-0.2, -0.15) is 0 Å². The molecule has 0 fully saturated rings. The molecule has 18 heavy (non-hydrogen) atoms. The van der Waals surface area contributed by atoms with Crippen molar-refractivity contribution in [1.29, 1.82) is 0 Å². The first-order valence-electron chi connectivity index (χ1n) is 6.64. The van der Waals surface area contributed by atoms with Gasteiger partial charge in [0.15, 0.2) is 0 Å². The lowest BCUT2D eigenvalue weighted by Gasteiger charge is -2.26. The quantitative estimate of drug-likeness (QED) is 0.843. The summed E-state index contributed by atoms with van der Waals surface area (Å²) in [6.45, 7) is 9.72. The summed E-state index contributed by atoms with van der Waals surface area (Å²) in [5.41, 5.74) is 1.45. The smallest absolute Gasteiger partial charge is 0.272 e. The van der Waals surface area contributed by atoms with Crippen molar-refractivity contribution in [3.05, 3.63) is 24.0 Å². The summed E-state index contributed by atoms with van der Waals surface area (Å²) >= 11 is 0. The van der Waals surface area contributed by atoms with Crippen molar-refractivity contribution in [3.63, 3.8) is 0 Å². The summed E-state index contributed by atoms with van der Waals surface area (Å²) in [6, 6.07) is 3.93. The average Bonchev–Trinajstić information content (AvgIpc) is 2.40. The lowest BCUT2D eigenvalue weighted by atomic mass is 10.2. The summed E-state index contributed by atoms with van der Waals surface area (Å²) in [4.78, 5) is 18.4. The van der Waals surface area contributed by atoms with Crippen molar-refractivity contribution in [2.45, 2.75) is 40.2 Å². The first-order chi connectivity index (χ1) is 8.63. The molecular formula is C14H23N3O. The second-order valence-corrected chi connectivity index (χ2v) is 4.31. The Hall–Kier alpha value is -1.58. The van der Waals surface area contributed by atoms with Gasteiger partial charge in [-0.05, 0) is 39.3 Å². The largest absolute Gasteiger partial charge is 0.385 e. The van der Waals surface area contributed by atoms with Crippen LogP contribution in [0.25, 0.3) is 0 Å². The Morgan fingerprint density at radius 3 is 2.72 bits per heavy atom. The number of carbonyl (C=O) groups is 1. The van der Waals surface area contributed by atoms with E-state index in [1.54, 1.807) is 6.20 Å². The minimum atomic E-state index is 0.00611. The number of anilines is 1. The first-order valence-corrected chi connectivity index (χ1v) is 6.64. The third-order valence-corrected chi connectivity index (χ3v) is 3.08. The molecule has 0 radical (unpaired) electrons. The van der Waals surface area contributed by atoms with Gasteiger partial charge >= 0.3 is 0 Å². The van der Waals surface area contributed by atoms with Crippen molar-refractivity contribution < 1.29 is 4.79 Å². The maximum Gasteiger partial charge on any atom is 0.272 e. The second kappa shape index (κ2) is 6.99. The van der Waals surface area contributed by atoms with E-state index >= 15 is 0 Å².